The molecule has 6 heteroatoms. The predicted octanol–water partition coefficient (Wildman–Crippen LogP) is 0.198. The maximum atomic E-state index is 11.6. The van der Waals surface area contributed by atoms with Crippen molar-refractivity contribution in [2.45, 2.75) is 25.9 Å². The van der Waals surface area contributed by atoms with Crippen LogP contribution in [0.1, 0.15) is 19.4 Å². The molecule has 0 fully saturated rings. The molecule has 0 saturated heterocycles. The molecule has 0 unspecified atom stereocenters. The van der Waals surface area contributed by atoms with Crippen LogP contribution in [0.25, 0.3) is 0 Å². The van der Waals surface area contributed by atoms with E-state index in [9.17, 15) is 9.59 Å². The summed E-state index contributed by atoms with van der Waals surface area (Å²) in [6, 6.07) is 7.15. The molecule has 0 saturated carbocycles. The molecule has 0 heterocycles. The second-order valence-electron chi connectivity index (χ2n) is 5.03. The van der Waals surface area contributed by atoms with Crippen LogP contribution in [0.5, 0.6) is 5.75 Å². The van der Waals surface area contributed by atoms with Crippen LogP contribution in [0, 0.1) is 0 Å². The summed E-state index contributed by atoms with van der Waals surface area (Å²) < 4.78 is 5.03. The number of hydrogen-bond acceptors (Lipinski definition) is 4. The summed E-state index contributed by atoms with van der Waals surface area (Å²) in [5.41, 5.74) is 0.0301. The van der Waals surface area contributed by atoms with Gasteiger partial charge in [0.1, 0.15) is 5.75 Å². The molecule has 3 N–H and O–H groups in total. The highest BCUT2D eigenvalue weighted by atomic mass is 16.5. The minimum Gasteiger partial charge on any atom is -0.497 e. The molecule has 1 aromatic rings. The number of aliphatic hydroxyl groups is 1. The van der Waals surface area contributed by atoms with E-state index in [1.807, 2.05) is 0 Å². The molecular weight excluding hydrogens is 260 g/mol. The zero-order valence-electron chi connectivity index (χ0n) is 11.9. The number of rotatable bonds is 5. The quantitative estimate of drug-likeness (QED) is 0.672. The third-order valence-electron chi connectivity index (χ3n) is 2.67. The van der Waals surface area contributed by atoms with Gasteiger partial charge in [-0.3, -0.25) is 9.59 Å². The minimum absolute atomic E-state index is 0.246. The average Bonchev–Trinajstić information content (AvgIpc) is 2.44. The molecule has 0 radical (unpaired) electrons. The molecule has 0 aromatic heterocycles. The second kappa shape index (κ2) is 6.91. The fourth-order valence-corrected chi connectivity index (χ4v) is 1.41. The lowest BCUT2D eigenvalue weighted by atomic mass is 10.1. The topological polar surface area (TPSA) is 87.7 Å². The number of benzene rings is 1. The molecule has 1 rings (SSSR count). The molecule has 0 atom stereocenters. The number of carbonyl (C=O) groups is 2. The molecule has 20 heavy (non-hydrogen) atoms. The first-order valence-corrected chi connectivity index (χ1v) is 6.22. The van der Waals surface area contributed by atoms with Crippen molar-refractivity contribution >= 4 is 11.8 Å². The highest BCUT2D eigenvalue weighted by Gasteiger charge is 2.23. The number of nitrogens with one attached hydrogen (secondary N) is 2. The lowest BCUT2D eigenvalue weighted by Crippen LogP contribution is -2.51. The summed E-state index contributed by atoms with van der Waals surface area (Å²) in [5.74, 6) is -0.776. The Labute approximate surface area is 118 Å². The van der Waals surface area contributed by atoms with E-state index in [-0.39, 0.29) is 13.2 Å². The fraction of sp³-hybridized carbons (Fsp3) is 0.429. The summed E-state index contributed by atoms with van der Waals surface area (Å²) in [5, 5.41) is 14.0. The number of ether oxygens (including phenoxy) is 1. The molecular formula is C14H20N2O4. The molecule has 6 nitrogen and oxygen atoms in total. The first-order valence-electron chi connectivity index (χ1n) is 6.22. The number of amides is 2. The van der Waals surface area contributed by atoms with Gasteiger partial charge in [-0.25, -0.2) is 0 Å². The standard InChI is InChI=1S/C14H20N2O4/c1-14(2,9-17)16-13(19)12(18)15-8-10-4-6-11(20-3)7-5-10/h4-7,17H,8-9H2,1-3H3,(H,15,18)(H,16,19). The molecule has 0 bridgehead atoms. The van der Waals surface area contributed by atoms with Crippen LogP contribution in [0.3, 0.4) is 0 Å². The van der Waals surface area contributed by atoms with Crippen molar-refractivity contribution in [3.63, 3.8) is 0 Å². The van der Waals surface area contributed by atoms with Crippen LogP contribution in [0.4, 0.5) is 0 Å². The van der Waals surface area contributed by atoms with Gasteiger partial charge in [0.05, 0.1) is 19.3 Å². The minimum atomic E-state index is -0.825. The average molecular weight is 280 g/mol. The number of hydrogen-bond donors (Lipinski definition) is 3. The molecule has 0 aliphatic rings. The van der Waals surface area contributed by atoms with Gasteiger partial charge in [-0.1, -0.05) is 12.1 Å². The van der Waals surface area contributed by atoms with E-state index in [0.717, 1.165) is 11.3 Å². The van der Waals surface area contributed by atoms with Crippen LogP contribution in [-0.2, 0) is 16.1 Å². The predicted molar refractivity (Wildman–Crippen MR) is 74.1 cm³/mol. The summed E-state index contributed by atoms with van der Waals surface area (Å²) in [4.78, 5) is 23.2. The third kappa shape index (κ3) is 4.89. The lowest BCUT2D eigenvalue weighted by Gasteiger charge is -2.22. The number of methoxy groups -OCH3 is 1. The normalized spacial score (nSPS) is 10.8. The van der Waals surface area contributed by atoms with Crippen LogP contribution >= 0.6 is 0 Å². The number of aliphatic hydroxyl groups excluding tert-OH is 1. The van der Waals surface area contributed by atoms with Crippen molar-refractivity contribution in [3.8, 4) is 5.75 Å². The highest BCUT2D eigenvalue weighted by Crippen LogP contribution is 2.10. The molecule has 0 aliphatic heterocycles. The molecule has 1 aromatic carbocycles. The largest absolute Gasteiger partial charge is 0.497 e. The Kier molecular flexibility index (Phi) is 5.52. The van der Waals surface area contributed by atoms with Crippen LogP contribution in [0.2, 0.25) is 0 Å². The Bertz CT molecular complexity index is 469. The Morgan fingerprint density at radius 1 is 1.20 bits per heavy atom. The number of carbonyl (C=O) groups excluding carboxylic acids is 2. The van der Waals surface area contributed by atoms with E-state index in [1.54, 1.807) is 45.2 Å². The van der Waals surface area contributed by atoms with E-state index < -0.39 is 17.4 Å². The van der Waals surface area contributed by atoms with Crippen LogP contribution in [-0.4, -0.2) is 36.2 Å². The van der Waals surface area contributed by atoms with Crippen molar-refractivity contribution in [1.82, 2.24) is 10.6 Å². The van der Waals surface area contributed by atoms with E-state index in [1.165, 1.54) is 0 Å². The van der Waals surface area contributed by atoms with Crippen molar-refractivity contribution < 1.29 is 19.4 Å². The van der Waals surface area contributed by atoms with Crippen molar-refractivity contribution in [2.75, 3.05) is 13.7 Å². The van der Waals surface area contributed by atoms with Gasteiger partial charge < -0.3 is 20.5 Å². The van der Waals surface area contributed by atoms with Gasteiger partial charge in [0, 0.05) is 6.54 Å². The van der Waals surface area contributed by atoms with Crippen LogP contribution < -0.4 is 15.4 Å². The molecule has 2 amide bonds. The fourth-order valence-electron chi connectivity index (χ4n) is 1.41. The maximum absolute atomic E-state index is 11.6. The lowest BCUT2D eigenvalue weighted by molar-refractivity contribution is -0.140. The Balaban J connectivity index is 2.48. The molecule has 0 aliphatic carbocycles. The summed E-state index contributed by atoms with van der Waals surface area (Å²) in [7, 11) is 1.57. The Hall–Kier alpha value is -2.08. The van der Waals surface area contributed by atoms with E-state index in [4.69, 9.17) is 9.84 Å². The van der Waals surface area contributed by atoms with Gasteiger partial charge >= 0.3 is 11.8 Å². The van der Waals surface area contributed by atoms with Gasteiger partial charge in [0.25, 0.3) is 0 Å². The monoisotopic (exact) mass is 280 g/mol. The Morgan fingerprint density at radius 3 is 2.30 bits per heavy atom. The van der Waals surface area contributed by atoms with Crippen molar-refractivity contribution in [2.24, 2.45) is 0 Å². The van der Waals surface area contributed by atoms with E-state index in [2.05, 4.69) is 10.6 Å². The SMILES string of the molecule is COc1ccc(CNC(=O)C(=O)NC(C)(C)CO)cc1. The summed E-state index contributed by atoms with van der Waals surface area (Å²) in [6.07, 6.45) is 0. The zero-order chi connectivity index (χ0) is 15.2. The molecule has 0 spiro atoms. The maximum Gasteiger partial charge on any atom is 0.309 e. The summed E-state index contributed by atoms with van der Waals surface area (Å²) >= 11 is 0. The highest BCUT2D eigenvalue weighted by molar-refractivity contribution is 6.35. The third-order valence-corrected chi connectivity index (χ3v) is 2.67. The first-order chi connectivity index (χ1) is 9.38. The zero-order valence-corrected chi connectivity index (χ0v) is 11.9. The van der Waals surface area contributed by atoms with E-state index >= 15 is 0 Å². The first kappa shape index (κ1) is 16.0. The van der Waals surface area contributed by atoms with Crippen molar-refractivity contribution in [1.29, 1.82) is 0 Å². The summed E-state index contributed by atoms with van der Waals surface area (Å²) in [6.45, 7) is 3.25. The van der Waals surface area contributed by atoms with E-state index in [0.29, 0.717) is 0 Å². The van der Waals surface area contributed by atoms with Crippen molar-refractivity contribution in [3.05, 3.63) is 29.8 Å². The Morgan fingerprint density at radius 2 is 1.80 bits per heavy atom. The van der Waals surface area contributed by atoms with Crippen LogP contribution in [0.15, 0.2) is 24.3 Å². The smallest absolute Gasteiger partial charge is 0.309 e. The molecule has 110 valence electrons. The van der Waals surface area contributed by atoms with Gasteiger partial charge in [0.2, 0.25) is 0 Å². The van der Waals surface area contributed by atoms with Gasteiger partial charge in [-0.05, 0) is 31.5 Å². The second-order valence-corrected chi connectivity index (χ2v) is 5.03. The van der Waals surface area contributed by atoms with Gasteiger partial charge in [-0.15, -0.1) is 0 Å². The van der Waals surface area contributed by atoms with Gasteiger partial charge in [-0.2, -0.15) is 0 Å². The van der Waals surface area contributed by atoms with Gasteiger partial charge in [0.15, 0.2) is 0 Å².